The van der Waals surface area contributed by atoms with E-state index >= 15 is 0 Å². The largest absolute Gasteiger partial charge is 0.292 e. The molecule has 0 amide bonds. The Balaban J connectivity index is 2.78. The Morgan fingerprint density at radius 3 is 2.05 bits per heavy atom. The molecule has 0 saturated heterocycles. The number of nitrogens with zero attached hydrogens (tertiary/aromatic N) is 2. The first kappa shape index (κ1) is 16.8. The number of aromatic nitrogens is 2. The highest BCUT2D eigenvalue weighted by Crippen LogP contribution is 2.20. The van der Waals surface area contributed by atoms with Gasteiger partial charge in [0, 0.05) is 6.54 Å². The van der Waals surface area contributed by atoms with Gasteiger partial charge >= 0.3 is 0 Å². The molecule has 0 saturated carbocycles. The van der Waals surface area contributed by atoms with E-state index < -0.39 is 10.0 Å². The zero-order chi connectivity index (χ0) is 15.3. The maximum atomic E-state index is 12.1. The van der Waals surface area contributed by atoms with Crippen molar-refractivity contribution in [2.45, 2.75) is 32.6 Å². The van der Waals surface area contributed by atoms with Gasteiger partial charge in [-0.25, -0.2) is 29.0 Å². The number of hydrazine groups is 1. The first-order valence-corrected chi connectivity index (χ1v) is 8.04. The molecule has 0 bridgehead atoms. The molecular formula is C12H23N5O2S. The summed E-state index contributed by atoms with van der Waals surface area (Å²) in [4.78, 5) is 7.62. The van der Waals surface area contributed by atoms with Crippen molar-refractivity contribution in [2.75, 3.05) is 12.0 Å². The van der Waals surface area contributed by atoms with Gasteiger partial charge in [0.2, 0.25) is 16.0 Å². The standard InChI is InChI=1S/C12H23N5O2S/c1-8(2)11(9(3)4)7-16-20(18,19)10-5-14-12(17-13)15-6-10/h5-6,8-9,11,16H,7,13H2,1-4H3,(H,14,15,17). The minimum absolute atomic E-state index is 0.0303. The number of hydrogen-bond donors (Lipinski definition) is 3. The molecular weight excluding hydrogens is 278 g/mol. The van der Waals surface area contributed by atoms with E-state index in [2.05, 4.69) is 47.8 Å². The molecule has 1 aromatic rings. The number of nitrogen functional groups attached to an aromatic ring is 1. The van der Waals surface area contributed by atoms with Gasteiger partial charge in [0.25, 0.3) is 0 Å². The van der Waals surface area contributed by atoms with E-state index in [4.69, 9.17) is 5.84 Å². The fraction of sp³-hybridized carbons (Fsp3) is 0.667. The smallest absolute Gasteiger partial charge is 0.243 e. The molecule has 4 N–H and O–H groups in total. The van der Waals surface area contributed by atoms with Gasteiger partial charge in [-0.2, -0.15) is 0 Å². The molecule has 0 unspecified atom stereocenters. The highest BCUT2D eigenvalue weighted by molar-refractivity contribution is 7.89. The van der Waals surface area contributed by atoms with E-state index in [9.17, 15) is 8.42 Å². The summed E-state index contributed by atoms with van der Waals surface area (Å²) in [5.41, 5.74) is 2.25. The fourth-order valence-corrected chi connectivity index (χ4v) is 3.02. The molecule has 8 heteroatoms. The van der Waals surface area contributed by atoms with Crippen molar-refractivity contribution in [3.05, 3.63) is 12.4 Å². The summed E-state index contributed by atoms with van der Waals surface area (Å²) >= 11 is 0. The highest BCUT2D eigenvalue weighted by Gasteiger charge is 2.22. The van der Waals surface area contributed by atoms with Crippen molar-refractivity contribution < 1.29 is 8.42 Å². The van der Waals surface area contributed by atoms with E-state index in [1.807, 2.05) is 0 Å². The Hall–Kier alpha value is -1.25. The molecule has 1 heterocycles. The SMILES string of the molecule is CC(C)C(CNS(=O)(=O)c1cnc(NN)nc1)C(C)C. The van der Waals surface area contributed by atoms with Crippen LogP contribution in [0, 0.1) is 17.8 Å². The Morgan fingerprint density at radius 1 is 1.15 bits per heavy atom. The second-order valence-corrected chi connectivity index (χ2v) is 7.16. The molecule has 1 rings (SSSR count). The number of nitrogens with two attached hydrogens (primary N) is 1. The molecule has 0 aliphatic heterocycles. The second kappa shape index (κ2) is 6.96. The van der Waals surface area contributed by atoms with Crippen LogP contribution in [0.4, 0.5) is 5.95 Å². The molecule has 0 aromatic carbocycles. The number of anilines is 1. The Kier molecular flexibility index (Phi) is 5.85. The van der Waals surface area contributed by atoms with Crippen LogP contribution in [0.1, 0.15) is 27.7 Å². The second-order valence-electron chi connectivity index (χ2n) is 5.39. The molecule has 0 aliphatic rings. The lowest BCUT2D eigenvalue weighted by Gasteiger charge is -2.24. The maximum Gasteiger partial charge on any atom is 0.243 e. The predicted molar refractivity (Wildman–Crippen MR) is 78.2 cm³/mol. The van der Waals surface area contributed by atoms with Gasteiger partial charge < -0.3 is 0 Å². The maximum absolute atomic E-state index is 12.1. The lowest BCUT2D eigenvalue weighted by atomic mass is 9.86. The number of hydrogen-bond acceptors (Lipinski definition) is 6. The summed E-state index contributed by atoms with van der Waals surface area (Å²) in [6.07, 6.45) is 2.45. The average Bonchev–Trinajstić information content (AvgIpc) is 2.38. The summed E-state index contributed by atoms with van der Waals surface area (Å²) in [6, 6.07) is 0. The van der Waals surface area contributed by atoms with Crippen LogP contribution in [-0.2, 0) is 10.0 Å². The Bertz CT molecular complexity index is 505. The topological polar surface area (TPSA) is 110 Å². The van der Waals surface area contributed by atoms with Crippen LogP contribution in [0.25, 0.3) is 0 Å². The molecule has 0 aliphatic carbocycles. The van der Waals surface area contributed by atoms with Crippen LogP contribution < -0.4 is 16.0 Å². The summed E-state index contributed by atoms with van der Waals surface area (Å²) in [5.74, 6) is 6.38. The third-order valence-electron chi connectivity index (χ3n) is 3.29. The number of rotatable bonds is 7. The zero-order valence-electron chi connectivity index (χ0n) is 12.3. The molecule has 0 spiro atoms. The molecule has 0 fully saturated rings. The van der Waals surface area contributed by atoms with Crippen LogP contribution in [0.5, 0.6) is 0 Å². The molecule has 20 heavy (non-hydrogen) atoms. The van der Waals surface area contributed by atoms with Crippen LogP contribution >= 0.6 is 0 Å². The lowest BCUT2D eigenvalue weighted by Crippen LogP contribution is -2.34. The molecule has 7 nitrogen and oxygen atoms in total. The third-order valence-corrected chi connectivity index (χ3v) is 4.67. The van der Waals surface area contributed by atoms with Gasteiger partial charge in [0.05, 0.1) is 12.4 Å². The molecule has 0 atom stereocenters. The zero-order valence-corrected chi connectivity index (χ0v) is 13.1. The lowest BCUT2D eigenvalue weighted by molar-refractivity contribution is 0.289. The third kappa shape index (κ3) is 4.39. The molecule has 1 aromatic heterocycles. The Labute approximate surface area is 120 Å². The number of nitrogens with one attached hydrogen (secondary N) is 2. The van der Waals surface area contributed by atoms with Crippen LogP contribution in [0.15, 0.2) is 17.3 Å². The predicted octanol–water partition coefficient (Wildman–Crippen LogP) is 0.969. The van der Waals surface area contributed by atoms with Gasteiger partial charge in [-0.15, -0.1) is 0 Å². The monoisotopic (exact) mass is 301 g/mol. The van der Waals surface area contributed by atoms with E-state index in [0.717, 1.165) is 0 Å². The summed E-state index contributed by atoms with van der Waals surface area (Å²) in [7, 11) is -3.59. The van der Waals surface area contributed by atoms with E-state index in [1.54, 1.807) is 0 Å². The van der Waals surface area contributed by atoms with Crippen molar-refractivity contribution >= 4 is 16.0 Å². The van der Waals surface area contributed by atoms with Crippen molar-refractivity contribution in [1.29, 1.82) is 0 Å². The van der Waals surface area contributed by atoms with E-state index in [1.165, 1.54) is 12.4 Å². The first-order chi connectivity index (χ1) is 9.27. The van der Waals surface area contributed by atoms with Crippen LogP contribution in [0.2, 0.25) is 0 Å². The van der Waals surface area contributed by atoms with Gasteiger partial charge in [-0.3, -0.25) is 5.43 Å². The fourth-order valence-electron chi connectivity index (χ4n) is 2.06. The van der Waals surface area contributed by atoms with E-state index in [-0.39, 0.29) is 16.8 Å². The van der Waals surface area contributed by atoms with E-state index in [0.29, 0.717) is 18.4 Å². The van der Waals surface area contributed by atoms with Crippen LogP contribution in [-0.4, -0.2) is 24.9 Å². The van der Waals surface area contributed by atoms with Crippen LogP contribution in [0.3, 0.4) is 0 Å². The minimum Gasteiger partial charge on any atom is -0.292 e. The minimum atomic E-state index is -3.59. The molecule has 0 radical (unpaired) electrons. The van der Waals surface area contributed by atoms with Crippen molar-refractivity contribution in [3.8, 4) is 0 Å². The summed E-state index contributed by atoms with van der Waals surface area (Å²) in [6.45, 7) is 8.75. The van der Waals surface area contributed by atoms with Gasteiger partial charge in [0.15, 0.2) is 0 Å². The van der Waals surface area contributed by atoms with Gasteiger partial charge in [-0.05, 0) is 17.8 Å². The van der Waals surface area contributed by atoms with Gasteiger partial charge in [-0.1, -0.05) is 27.7 Å². The number of sulfonamides is 1. The van der Waals surface area contributed by atoms with Crippen molar-refractivity contribution in [2.24, 2.45) is 23.6 Å². The average molecular weight is 301 g/mol. The summed E-state index contributed by atoms with van der Waals surface area (Å²) in [5, 5.41) is 0. The summed E-state index contributed by atoms with van der Waals surface area (Å²) < 4.78 is 26.9. The van der Waals surface area contributed by atoms with Crippen molar-refractivity contribution in [3.63, 3.8) is 0 Å². The quantitative estimate of drug-likeness (QED) is 0.511. The first-order valence-electron chi connectivity index (χ1n) is 6.56. The molecule has 114 valence electrons. The van der Waals surface area contributed by atoms with Crippen molar-refractivity contribution in [1.82, 2.24) is 14.7 Å². The normalized spacial score (nSPS) is 12.4. The Morgan fingerprint density at radius 2 is 1.65 bits per heavy atom. The van der Waals surface area contributed by atoms with Gasteiger partial charge in [0.1, 0.15) is 4.90 Å². The highest BCUT2D eigenvalue weighted by atomic mass is 32.2.